The number of nitrogens with two attached hydrogens (primary N) is 1. The molecule has 0 bridgehead atoms. The molecule has 1 atom stereocenters. The first-order valence-corrected chi connectivity index (χ1v) is 5.66. The summed E-state index contributed by atoms with van der Waals surface area (Å²) in [5.41, 5.74) is 6.13. The predicted molar refractivity (Wildman–Crippen MR) is 69.2 cm³/mol. The third kappa shape index (κ3) is 3.53. The smallest absolute Gasteiger partial charge is 0.242 e. The molecule has 1 amide bonds. The van der Waals surface area contributed by atoms with E-state index in [0.717, 1.165) is 4.47 Å². The van der Waals surface area contributed by atoms with Crippen LogP contribution in [0.2, 0.25) is 5.02 Å². The summed E-state index contributed by atoms with van der Waals surface area (Å²) < 4.78 is 0.734. The van der Waals surface area contributed by atoms with Crippen LogP contribution in [0, 0.1) is 12.3 Å². The van der Waals surface area contributed by atoms with E-state index in [4.69, 9.17) is 23.8 Å². The van der Waals surface area contributed by atoms with E-state index in [-0.39, 0.29) is 12.3 Å². The maximum atomic E-state index is 11.6. The Hall–Kier alpha value is -1.02. The van der Waals surface area contributed by atoms with Crippen molar-refractivity contribution in [2.24, 2.45) is 5.73 Å². The second-order valence-corrected chi connectivity index (χ2v) is 4.42. The minimum atomic E-state index is -0.712. The van der Waals surface area contributed by atoms with Crippen LogP contribution in [0.15, 0.2) is 22.7 Å². The Bertz CT molecular complexity index is 442. The van der Waals surface area contributed by atoms with Crippen molar-refractivity contribution >= 4 is 39.1 Å². The zero-order valence-corrected chi connectivity index (χ0v) is 10.7. The van der Waals surface area contributed by atoms with Crippen LogP contribution < -0.4 is 11.1 Å². The van der Waals surface area contributed by atoms with Crippen molar-refractivity contribution in [3.63, 3.8) is 0 Å². The Labute approximate surface area is 107 Å². The highest BCUT2D eigenvalue weighted by atomic mass is 79.9. The fraction of sp³-hybridized carbons (Fsp3) is 0.182. The lowest BCUT2D eigenvalue weighted by molar-refractivity contribution is -0.117. The minimum Gasteiger partial charge on any atom is -0.324 e. The van der Waals surface area contributed by atoms with E-state index in [0.29, 0.717) is 10.7 Å². The molecule has 0 aliphatic rings. The first-order chi connectivity index (χ1) is 7.54. The van der Waals surface area contributed by atoms with Gasteiger partial charge < -0.3 is 11.1 Å². The molecule has 1 unspecified atom stereocenters. The van der Waals surface area contributed by atoms with Crippen LogP contribution in [-0.2, 0) is 4.79 Å². The number of carbonyl (C=O) groups is 1. The quantitative estimate of drug-likeness (QED) is 0.842. The number of anilines is 1. The highest BCUT2D eigenvalue weighted by molar-refractivity contribution is 9.10. The van der Waals surface area contributed by atoms with E-state index in [2.05, 4.69) is 27.2 Å². The molecule has 0 aliphatic carbocycles. The number of halogens is 2. The highest BCUT2D eigenvalue weighted by Gasteiger charge is 2.13. The Balaban J connectivity index is 2.77. The lowest BCUT2D eigenvalue weighted by Crippen LogP contribution is -2.35. The topological polar surface area (TPSA) is 55.1 Å². The molecule has 84 valence electrons. The maximum absolute atomic E-state index is 11.6. The lowest BCUT2D eigenvalue weighted by atomic mass is 10.2. The van der Waals surface area contributed by atoms with Gasteiger partial charge in [-0.2, -0.15) is 0 Å². The molecule has 0 radical (unpaired) electrons. The predicted octanol–water partition coefficient (Wildman–Crippen LogP) is 2.39. The van der Waals surface area contributed by atoms with Gasteiger partial charge in [0.1, 0.15) is 0 Å². The summed E-state index contributed by atoms with van der Waals surface area (Å²) in [4.78, 5) is 11.6. The summed E-state index contributed by atoms with van der Waals surface area (Å²) in [5.74, 6) is 2.00. The molecule has 3 N–H and O–H groups in total. The summed E-state index contributed by atoms with van der Waals surface area (Å²) in [6.07, 6.45) is 5.27. The monoisotopic (exact) mass is 300 g/mol. The number of nitrogens with one attached hydrogen (secondary N) is 1. The Kier molecular flexibility index (Phi) is 4.81. The molecule has 5 heteroatoms. The molecular weight excluding hydrogens is 291 g/mol. The number of hydrogen-bond donors (Lipinski definition) is 2. The first kappa shape index (κ1) is 13.0. The SMILES string of the molecule is C#CCC(N)C(=O)Nc1cc(Cl)ccc1Br. The van der Waals surface area contributed by atoms with Crippen LogP contribution in [0.3, 0.4) is 0 Å². The van der Waals surface area contributed by atoms with Crippen molar-refractivity contribution in [3.05, 3.63) is 27.7 Å². The maximum Gasteiger partial charge on any atom is 0.242 e. The number of amides is 1. The molecule has 16 heavy (non-hydrogen) atoms. The number of terminal acetylenes is 1. The van der Waals surface area contributed by atoms with E-state index < -0.39 is 6.04 Å². The van der Waals surface area contributed by atoms with Crippen LogP contribution >= 0.6 is 27.5 Å². The van der Waals surface area contributed by atoms with Gasteiger partial charge in [-0.15, -0.1) is 12.3 Å². The second-order valence-electron chi connectivity index (χ2n) is 3.13. The minimum absolute atomic E-state index is 0.198. The Morgan fingerprint density at radius 3 is 3.00 bits per heavy atom. The average molecular weight is 302 g/mol. The first-order valence-electron chi connectivity index (χ1n) is 4.49. The van der Waals surface area contributed by atoms with Gasteiger partial charge in [0.05, 0.1) is 11.7 Å². The lowest BCUT2D eigenvalue weighted by Gasteiger charge is -2.11. The van der Waals surface area contributed by atoms with Crippen LogP contribution in [0.4, 0.5) is 5.69 Å². The van der Waals surface area contributed by atoms with Gasteiger partial charge in [0, 0.05) is 15.9 Å². The van der Waals surface area contributed by atoms with Gasteiger partial charge in [-0.05, 0) is 34.1 Å². The third-order valence-corrected chi connectivity index (χ3v) is 2.79. The fourth-order valence-electron chi connectivity index (χ4n) is 1.04. The van der Waals surface area contributed by atoms with Crippen molar-refractivity contribution in [1.82, 2.24) is 0 Å². The van der Waals surface area contributed by atoms with Gasteiger partial charge >= 0.3 is 0 Å². The normalized spacial score (nSPS) is 11.6. The van der Waals surface area contributed by atoms with Crippen LogP contribution in [0.5, 0.6) is 0 Å². The molecule has 0 saturated heterocycles. The number of benzene rings is 1. The molecule has 1 aromatic carbocycles. The van der Waals surface area contributed by atoms with Crippen molar-refractivity contribution in [2.75, 3.05) is 5.32 Å². The third-order valence-electron chi connectivity index (χ3n) is 1.86. The van der Waals surface area contributed by atoms with Crippen LogP contribution in [0.25, 0.3) is 0 Å². The summed E-state index contributed by atoms with van der Waals surface area (Å²) in [7, 11) is 0. The summed E-state index contributed by atoms with van der Waals surface area (Å²) in [5, 5.41) is 3.18. The Morgan fingerprint density at radius 2 is 2.38 bits per heavy atom. The van der Waals surface area contributed by atoms with Gasteiger partial charge in [0.2, 0.25) is 5.91 Å². The van der Waals surface area contributed by atoms with Gasteiger partial charge in [0.15, 0.2) is 0 Å². The summed E-state index contributed by atoms with van der Waals surface area (Å²) >= 11 is 9.10. The van der Waals surface area contributed by atoms with E-state index in [1.807, 2.05) is 0 Å². The number of carbonyl (C=O) groups excluding carboxylic acids is 1. The fourth-order valence-corrected chi connectivity index (χ4v) is 1.56. The molecule has 0 aliphatic heterocycles. The van der Waals surface area contributed by atoms with Gasteiger partial charge in [-0.1, -0.05) is 11.6 Å². The molecule has 0 fully saturated rings. The number of hydrogen-bond acceptors (Lipinski definition) is 2. The van der Waals surface area contributed by atoms with Crippen molar-refractivity contribution < 1.29 is 4.79 Å². The zero-order chi connectivity index (χ0) is 12.1. The standard InChI is InChI=1S/C11H10BrClN2O/c1-2-3-9(14)11(16)15-10-6-7(13)4-5-8(10)12/h1,4-6,9H,3,14H2,(H,15,16). The molecule has 0 aromatic heterocycles. The zero-order valence-electron chi connectivity index (χ0n) is 8.34. The molecular formula is C11H10BrClN2O. The van der Waals surface area contributed by atoms with Crippen molar-refractivity contribution in [3.8, 4) is 12.3 Å². The summed E-state index contributed by atoms with van der Waals surface area (Å²) in [6.45, 7) is 0. The van der Waals surface area contributed by atoms with Crippen LogP contribution in [-0.4, -0.2) is 11.9 Å². The van der Waals surface area contributed by atoms with E-state index in [1.54, 1.807) is 18.2 Å². The number of rotatable bonds is 3. The molecule has 3 nitrogen and oxygen atoms in total. The van der Waals surface area contributed by atoms with Gasteiger partial charge in [-0.3, -0.25) is 4.79 Å². The molecule has 1 aromatic rings. The molecule has 0 spiro atoms. The van der Waals surface area contributed by atoms with E-state index >= 15 is 0 Å². The largest absolute Gasteiger partial charge is 0.324 e. The van der Waals surface area contributed by atoms with Crippen molar-refractivity contribution in [2.45, 2.75) is 12.5 Å². The average Bonchev–Trinajstić information content (AvgIpc) is 2.23. The van der Waals surface area contributed by atoms with Gasteiger partial charge in [0.25, 0.3) is 0 Å². The second kappa shape index (κ2) is 5.90. The van der Waals surface area contributed by atoms with Gasteiger partial charge in [-0.25, -0.2) is 0 Å². The van der Waals surface area contributed by atoms with Crippen LogP contribution in [0.1, 0.15) is 6.42 Å². The summed E-state index contributed by atoms with van der Waals surface area (Å²) in [6, 6.07) is 4.37. The van der Waals surface area contributed by atoms with Crippen molar-refractivity contribution in [1.29, 1.82) is 0 Å². The Morgan fingerprint density at radius 1 is 1.69 bits per heavy atom. The highest BCUT2D eigenvalue weighted by Crippen LogP contribution is 2.25. The van der Waals surface area contributed by atoms with E-state index in [1.165, 1.54) is 0 Å². The molecule has 0 saturated carbocycles. The van der Waals surface area contributed by atoms with E-state index in [9.17, 15) is 4.79 Å². The molecule has 1 rings (SSSR count). The molecule has 0 heterocycles.